The lowest BCUT2D eigenvalue weighted by atomic mass is 9.87. The van der Waals surface area contributed by atoms with Crippen LogP contribution in [0.2, 0.25) is 0 Å². The van der Waals surface area contributed by atoms with Crippen molar-refractivity contribution >= 4 is 10.0 Å². The van der Waals surface area contributed by atoms with Gasteiger partial charge < -0.3 is 4.52 Å². The monoisotopic (exact) mass is 363 g/mol. The summed E-state index contributed by atoms with van der Waals surface area (Å²) in [7, 11) is -3.19. The molecule has 0 spiro atoms. The molecule has 1 atom stereocenters. The van der Waals surface area contributed by atoms with E-state index in [0.717, 1.165) is 18.4 Å². The number of nitrogens with zero attached hydrogens (tertiary/aromatic N) is 3. The van der Waals surface area contributed by atoms with Crippen molar-refractivity contribution in [3.63, 3.8) is 0 Å². The number of benzene rings is 1. The molecule has 0 aliphatic carbocycles. The highest BCUT2D eigenvalue weighted by Crippen LogP contribution is 2.29. The van der Waals surface area contributed by atoms with Gasteiger partial charge >= 0.3 is 0 Å². The summed E-state index contributed by atoms with van der Waals surface area (Å²) in [6.45, 7) is 7.48. The van der Waals surface area contributed by atoms with Crippen LogP contribution in [0.4, 0.5) is 0 Å². The van der Waals surface area contributed by atoms with E-state index in [-0.39, 0.29) is 11.3 Å². The zero-order valence-electron chi connectivity index (χ0n) is 15.2. The first-order valence-corrected chi connectivity index (χ1v) is 10.4. The average molecular weight is 363 g/mol. The molecule has 2 aromatic rings. The Morgan fingerprint density at radius 2 is 1.88 bits per heavy atom. The summed E-state index contributed by atoms with van der Waals surface area (Å²) in [5.74, 6) is 1.02. The predicted octanol–water partition coefficient (Wildman–Crippen LogP) is 3.17. The van der Waals surface area contributed by atoms with Crippen molar-refractivity contribution in [3.8, 4) is 11.4 Å². The van der Waals surface area contributed by atoms with Crippen LogP contribution in [-0.2, 0) is 15.4 Å². The normalized spacial score (nSPS) is 19.9. The average Bonchev–Trinajstić information content (AvgIpc) is 3.03. The summed E-state index contributed by atoms with van der Waals surface area (Å²) in [6, 6.07) is 8.16. The van der Waals surface area contributed by atoms with Crippen LogP contribution in [0.1, 0.15) is 51.0 Å². The van der Waals surface area contributed by atoms with Crippen LogP contribution < -0.4 is 0 Å². The van der Waals surface area contributed by atoms with E-state index in [2.05, 4.69) is 43.0 Å². The number of aromatic nitrogens is 2. The van der Waals surface area contributed by atoms with Gasteiger partial charge in [-0.2, -0.15) is 4.98 Å². The van der Waals surface area contributed by atoms with Crippen molar-refractivity contribution < 1.29 is 12.9 Å². The number of piperidine rings is 1. The molecule has 0 N–H and O–H groups in total. The standard InChI is InChI=1S/C18H25N3O3S/c1-18(2,3)15-9-7-13(8-10-15)16-19-17(24-20-16)14-6-5-11-21(12-14)25(4,22)23/h7-10,14H,5-6,11-12H2,1-4H3. The topological polar surface area (TPSA) is 76.3 Å². The van der Waals surface area contributed by atoms with Gasteiger partial charge in [0.05, 0.1) is 12.2 Å². The molecule has 0 radical (unpaired) electrons. The number of rotatable bonds is 3. The molecule has 0 amide bonds. The number of sulfonamides is 1. The summed E-state index contributed by atoms with van der Waals surface area (Å²) < 4.78 is 30.4. The van der Waals surface area contributed by atoms with Gasteiger partial charge in [-0.3, -0.25) is 0 Å². The highest BCUT2D eigenvalue weighted by atomic mass is 32.2. The van der Waals surface area contributed by atoms with Crippen molar-refractivity contribution in [1.29, 1.82) is 0 Å². The molecule has 1 aromatic heterocycles. The van der Waals surface area contributed by atoms with Crippen LogP contribution in [0.25, 0.3) is 11.4 Å². The molecule has 25 heavy (non-hydrogen) atoms. The second kappa shape index (κ2) is 6.53. The Hall–Kier alpha value is -1.73. The smallest absolute Gasteiger partial charge is 0.231 e. The zero-order chi connectivity index (χ0) is 18.2. The third kappa shape index (κ3) is 4.10. The highest BCUT2D eigenvalue weighted by molar-refractivity contribution is 7.88. The number of hydrogen-bond acceptors (Lipinski definition) is 5. The third-order valence-electron chi connectivity index (χ3n) is 4.65. The van der Waals surface area contributed by atoms with E-state index < -0.39 is 10.0 Å². The van der Waals surface area contributed by atoms with Gasteiger partial charge in [-0.25, -0.2) is 12.7 Å². The van der Waals surface area contributed by atoms with Crippen molar-refractivity contribution in [1.82, 2.24) is 14.4 Å². The molecule has 1 aliphatic rings. The second-order valence-corrected chi connectivity index (χ2v) is 9.73. The summed E-state index contributed by atoms with van der Waals surface area (Å²) in [6.07, 6.45) is 2.90. The van der Waals surface area contributed by atoms with Crippen LogP contribution in [0.3, 0.4) is 0 Å². The lowest BCUT2D eigenvalue weighted by molar-refractivity contribution is 0.266. The summed E-state index contributed by atoms with van der Waals surface area (Å²) in [5, 5.41) is 4.09. The molecule has 1 unspecified atom stereocenters. The maximum Gasteiger partial charge on any atom is 0.231 e. The Labute approximate surface area is 149 Å². The van der Waals surface area contributed by atoms with E-state index in [4.69, 9.17) is 4.52 Å². The number of hydrogen-bond donors (Lipinski definition) is 0. The van der Waals surface area contributed by atoms with Gasteiger partial charge in [-0.15, -0.1) is 0 Å². The van der Waals surface area contributed by atoms with E-state index in [1.165, 1.54) is 16.1 Å². The molecule has 1 fully saturated rings. The van der Waals surface area contributed by atoms with Crippen LogP contribution in [-0.4, -0.2) is 42.2 Å². The Balaban J connectivity index is 1.78. The van der Waals surface area contributed by atoms with Crippen LogP contribution >= 0.6 is 0 Å². The molecule has 0 bridgehead atoms. The molecule has 0 saturated carbocycles. The minimum absolute atomic E-state index is 0.0430. The van der Waals surface area contributed by atoms with Gasteiger partial charge in [-0.1, -0.05) is 50.2 Å². The predicted molar refractivity (Wildman–Crippen MR) is 96.8 cm³/mol. The van der Waals surface area contributed by atoms with Gasteiger partial charge in [0, 0.05) is 18.7 Å². The summed E-state index contributed by atoms with van der Waals surface area (Å²) in [5.41, 5.74) is 2.24. The molecule has 3 rings (SSSR count). The highest BCUT2D eigenvalue weighted by Gasteiger charge is 2.30. The van der Waals surface area contributed by atoms with Gasteiger partial charge in [0.15, 0.2) is 0 Å². The first-order valence-electron chi connectivity index (χ1n) is 8.54. The second-order valence-electron chi connectivity index (χ2n) is 7.74. The van der Waals surface area contributed by atoms with Crippen molar-refractivity contribution in [2.45, 2.75) is 44.9 Å². The van der Waals surface area contributed by atoms with Crippen molar-refractivity contribution in [2.75, 3.05) is 19.3 Å². The summed E-state index contributed by atoms with van der Waals surface area (Å²) in [4.78, 5) is 4.51. The Bertz CT molecular complexity index is 835. The third-order valence-corrected chi connectivity index (χ3v) is 5.92. The Morgan fingerprint density at radius 1 is 1.20 bits per heavy atom. The maximum absolute atomic E-state index is 11.8. The van der Waals surface area contributed by atoms with Crippen molar-refractivity contribution in [2.24, 2.45) is 0 Å². The zero-order valence-corrected chi connectivity index (χ0v) is 16.0. The summed E-state index contributed by atoms with van der Waals surface area (Å²) >= 11 is 0. The van der Waals surface area contributed by atoms with Crippen LogP contribution in [0.5, 0.6) is 0 Å². The van der Waals surface area contributed by atoms with Crippen molar-refractivity contribution in [3.05, 3.63) is 35.7 Å². The van der Waals surface area contributed by atoms with Gasteiger partial charge in [-0.05, 0) is 23.8 Å². The maximum atomic E-state index is 11.8. The fourth-order valence-corrected chi connectivity index (χ4v) is 3.99. The molecule has 136 valence electrons. The van der Waals surface area contributed by atoms with E-state index >= 15 is 0 Å². The lowest BCUT2D eigenvalue weighted by Crippen LogP contribution is -2.38. The van der Waals surface area contributed by atoms with Gasteiger partial charge in [0.25, 0.3) is 0 Å². The first kappa shape index (κ1) is 18.1. The van der Waals surface area contributed by atoms with Crippen LogP contribution in [0, 0.1) is 0 Å². The van der Waals surface area contributed by atoms with E-state index in [9.17, 15) is 8.42 Å². The van der Waals surface area contributed by atoms with E-state index in [1.54, 1.807) is 0 Å². The minimum Gasteiger partial charge on any atom is -0.339 e. The van der Waals surface area contributed by atoms with E-state index in [1.807, 2.05) is 12.1 Å². The van der Waals surface area contributed by atoms with Gasteiger partial charge in [0.1, 0.15) is 0 Å². The fraction of sp³-hybridized carbons (Fsp3) is 0.556. The lowest BCUT2D eigenvalue weighted by Gasteiger charge is -2.28. The largest absolute Gasteiger partial charge is 0.339 e. The molecule has 6 nitrogen and oxygen atoms in total. The molecule has 2 heterocycles. The fourth-order valence-electron chi connectivity index (χ4n) is 3.08. The SMILES string of the molecule is CC(C)(C)c1ccc(-c2noc(C3CCCN(S(C)(=O)=O)C3)n2)cc1. The quantitative estimate of drug-likeness (QED) is 0.837. The first-order chi connectivity index (χ1) is 11.6. The minimum atomic E-state index is -3.19. The van der Waals surface area contributed by atoms with E-state index in [0.29, 0.717) is 24.8 Å². The Morgan fingerprint density at radius 3 is 2.48 bits per heavy atom. The molecular weight excluding hydrogens is 338 g/mol. The Kier molecular flexibility index (Phi) is 4.72. The molecule has 7 heteroatoms. The molecular formula is C18H25N3O3S. The molecule has 1 saturated heterocycles. The van der Waals surface area contributed by atoms with Crippen LogP contribution in [0.15, 0.2) is 28.8 Å². The molecule has 1 aromatic carbocycles. The van der Waals surface area contributed by atoms with Gasteiger partial charge in [0.2, 0.25) is 21.7 Å². The molecule has 1 aliphatic heterocycles.